The SMILES string of the molecule is N#C/C(=C/c1ccc(OC(=O)c2ccccc2)cc1)C(=O)Nc1cc(Cl)ccc1Cl. The molecule has 3 aromatic carbocycles. The second kappa shape index (κ2) is 9.75. The highest BCUT2D eigenvalue weighted by Gasteiger charge is 2.12. The molecule has 0 spiro atoms. The zero-order valence-corrected chi connectivity index (χ0v) is 16.9. The van der Waals surface area contributed by atoms with Crippen molar-refractivity contribution in [2.75, 3.05) is 5.32 Å². The maximum absolute atomic E-state index is 12.4. The summed E-state index contributed by atoms with van der Waals surface area (Å²) in [5.74, 6) is -0.759. The fraction of sp³-hybridized carbons (Fsp3) is 0. The van der Waals surface area contributed by atoms with E-state index in [0.717, 1.165) is 0 Å². The molecule has 0 heterocycles. The lowest BCUT2D eigenvalue weighted by Crippen LogP contribution is -2.13. The Bertz CT molecular complexity index is 1150. The van der Waals surface area contributed by atoms with Crippen molar-refractivity contribution in [2.24, 2.45) is 0 Å². The molecule has 148 valence electrons. The van der Waals surface area contributed by atoms with E-state index >= 15 is 0 Å². The topological polar surface area (TPSA) is 79.2 Å². The smallest absolute Gasteiger partial charge is 0.343 e. The van der Waals surface area contributed by atoms with Crippen LogP contribution in [0.3, 0.4) is 0 Å². The molecule has 5 nitrogen and oxygen atoms in total. The van der Waals surface area contributed by atoms with Crippen molar-refractivity contribution in [1.82, 2.24) is 0 Å². The number of amides is 1. The lowest BCUT2D eigenvalue weighted by molar-refractivity contribution is -0.112. The first-order valence-electron chi connectivity index (χ1n) is 8.72. The maximum Gasteiger partial charge on any atom is 0.343 e. The Hall–Kier alpha value is -3.59. The fourth-order valence-corrected chi connectivity index (χ4v) is 2.81. The minimum Gasteiger partial charge on any atom is -0.423 e. The fourth-order valence-electron chi connectivity index (χ4n) is 2.47. The summed E-state index contributed by atoms with van der Waals surface area (Å²) in [5.41, 5.74) is 1.20. The molecule has 0 saturated heterocycles. The van der Waals surface area contributed by atoms with Gasteiger partial charge >= 0.3 is 5.97 Å². The molecule has 7 heteroatoms. The number of halogens is 2. The number of nitrogens with zero attached hydrogens (tertiary/aromatic N) is 1. The van der Waals surface area contributed by atoms with Gasteiger partial charge in [0, 0.05) is 5.02 Å². The van der Waals surface area contributed by atoms with Crippen LogP contribution < -0.4 is 10.1 Å². The van der Waals surface area contributed by atoms with Gasteiger partial charge in [-0.25, -0.2) is 4.79 Å². The summed E-state index contributed by atoms with van der Waals surface area (Å²) in [6.07, 6.45) is 1.41. The molecule has 3 rings (SSSR count). The molecule has 0 aliphatic heterocycles. The summed E-state index contributed by atoms with van der Waals surface area (Å²) in [5, 5.41) is 12.6. The van der Waals surface area contributed by atoms with Crippen molar-refractivity contribution in [1.29, 1.82) is 5.26 Å². The van der Waals surface area contributed by atoms with Gasteiger partial charge in [0.2, 0.25) is 0 Å². The molecule has 0 saturated carbocycles. The van der Waals surface area contributed by atoms with E-state index < -0.39 is 11.9 Å². The van der Waals surface area contributed by atoms with Crippen LogP contribution in [0.5, 0.6) is 5.75 Å². The normalized spacial score (nSPS) is 10.8. The van der Waals surface area contributed by atoms with E-state index in [2.05, 4.69) is 5.32 Å². The molecular formula is C23H14Cl2N2O3. The van der Waals surface area contributed by atoms with Crippen LogP contribution in [0.25, 0.3) is 6.08 Å². The molecule has 0 atom stereocenters. The van der Waals surface area contributed by atoms with Gasteiger partial charge in [-0.1, -0.05) is 53.5 Å². The number of carbonyl (C=O) groups is 2. The highest BCUT2D eigenvalue weighted by atomic mass is 35.5. The lowest BCUT2D eigenvalue weighted by atomic mass is 10.1. The highest BCUT2D eigenvalue weighted by Crippen LogP contribution is 2.26. The maximum atomic E-state index is 12.4. The molecule has 0 radical (unpaired) electrons. The van der Waals surface area contributed by atoms with Gasteiger partial charge in [-0.3, -0.25) is 4.79 Å². The van der Waals surface area contributed by atoms with Gasteiger partial charge in [-0.2, -0.15) is 5.26 Å². The molecule has 1 N–H and O–H groups in total. The zero-order chi connectivity index (χ0) is 21.5. The van der Waals surface area contributed by atoms with Crippen molar-refractivity contribution in [3.63, 3.8) is 0 Å². The van der Waals surface area contributed by atoms with E-state index in [9.17, 15) is 14.9 Å². The molecule has 3 aromatic rings. The van der Waals surface area contributed by atoms with Crippen LogP contribution in [0.4, 0.5) is 5.69 Å². The Morgan fingerprint density at radius 3 is 2.33 bits per heavy atom. The Morgan fingerprint density at radius 2 is 1.67 bits per heavy atom. The third-order valence-electron chi connectivity index (χ3n) is 3.95. The number of nitrogens with one attached hydrogen (secondary N) is 1. The second-order valence-electron chi connectivity index (χ2n) is 6.07. The summed E-state index contributed by atoms with van der Waals surface area (Å²) in [7, 11) is 0. The first-order valence-corrected chi connectivity index (χ1v) is 9.47. The average Bonchev–Trinajstić information content (AvgIpc) is 2.76. The van der Waals surface area contributed by atoms with Crippen molar-refractivity contribution in [2.45, 2.75) is 0 Å². The van der Waals surface area contributed by atoms with Gasteiger partial charge in [0.25, 0.3) is 5.91 Å². The number of hydrogen-bond acceptors (Lipinski definition) is 4. The van der Waals surface area contributed by atoms with Gasteiger partial charge in [0.15, 0.2) is 0 Å². The number of rotatable bonds is 5. The van der Waals surface area contributed by atoms with Gasteiger partial charge < -0.3 is 10.1 Å². The summed E-state index contributed by atoms with van der Waals surface area (Å²) < 4.78 is 5.31. The number of anilines is 1. The molecular weight excluding hydrogens is 423 g/mol. The minimum atomic E-state index is -0.624. The first-order chi connectivity index (χ1) is 14.5. The van der Waals surface area contributed by atoms with Crippen LogP contribution in [0.1, 0.15) is 15.9 Å². The van der Waals surface area contributed by atoms with Gasteiger partial charge in [0.1, 0.15) is 17.4 Å². The molecule has 0 aliphatic rings. The van der Waals surface area contributed by atoms with E-state index in [1.165, 1.54) is 12.1 Å². The standard InChI is InChI=1S/C23H14Cl2N2O3/c24-18-8-11-20(25)21(13-18)27-22(28)17(14-26)12-15-6-9-19(10-7-15)30-23(29)16-4-2-1-3-5-16/h1-13H,(H,27,28)/b17-12-. The van der Waals surface area contributed by atoms with Crippen LogP contribution in [-0.2, 0) is 4.79 Å². The predicted molar refractivity (Wildman–Crippen MR) is 117 cm³/mol. The van der Waals surface area contributed by atoms with Crippen LogP contribution in [0.2, 0.25) is 10.0 Å². The van der Waals surface area contributed by atoms with Crippen LogP contribution >= 0.6 is 23.2 Å². The molecule has 0 bridgehead atoms. The van der Waals surface area contributed by atoms with Crippen LogP contribution in [0, 0.1) is 11.3 Å². The Kier molecular flexibility index (Phi) is 6.87. The molecule has 0 aliphatic carbocycles. The van der Waals surface area contributed by atoms with E-state index in [1.807, 2.05) is 6.07 Å². The van der Waals surface area contributed by atoms with E-state index in [1.54, 1.807) is 66.7 Å². The van der Waals surface area contributed by atoms with Crippen LogP contribution in [-0.4, -0.2) is 11.9 Å². The Morgan fingerprint density at radius 1 is 0.967 bits per heavy atom. The summed E-state index contributed by atoms with van der Waals surface area (Å²) in [4.78, 5) is 24.5. The third-order valence-corrected chi connectivity index (χ3v) is 4.52. The van der Waals surface area contributed by atoms with Gasteiger partial charge in [-0.15, -0.1) is 0 Å². The second-order valence-corrected chi connectivity index (χ2v) is 6.92. The van der Waals surface area contributed by atoms with Gasteiger partial charge in [0.05, 0.1) is 16.3 Å². The largest absolute Gasteiger partial charge is 0.423 e. The quantitative estimate of drug-likeness (QED) is 0.238. The molecule has 1 amide bonds. The van der Waals surface area contributed by atoms with E-state index in [-0.39, 0.29) is 5.57 Å². The van der Waals surface area contributed by atoms with Gasteiger partial charge in [-0.05, 0) is 54.1 Å². The summed E-state index contributed by atoms with van der Waals surface area (Å²) in [6.45, 7) is 0. The average molecular weight is 437 g/mol. The predicted octanol–water partition coefficient (Wildman–Crippen LogP) is 5.76. The number of benzene rings is 3. The van der Waals surface area contributed by atoms with E-state index in [4.69, 9.17) is 27.9 Å². The van der Waals surface area contributed by atoms with Crippen molar-refractivity contribution >= 4 is 46.8 Å². The van der Waals surface area contributed by atoms with E-state index in [0.29, 0.717) is 32.6 Å². The Balaban J connectivity index is 1.71. The van der Waals surface area contributed by atoms with Crippen molar-refractivity contribution in [3.8, 4) is 11.8 Å². The number of ether oxygens (including phenoxy) is 1. The number of hydrogen-bond donors (Lipinski definition) is 1. The molecule has 0 aromatic heterocycles. The Labute approximate surface area is 183 Å². The zero-order valence-electron chi connectivity index (χ0n) is 15.4. The highest BCUT2D eigenvalue weighted by molar-refractivity contribution is 6.36. The van der Waals surface area contributed by atoms with Crippen molar-refractivity contribution < 1.29 is 14.3 Å². The minimum absolute atomic E-state index is 0.125. The van der Waals surface area contributed by atoms with Crippen molar-refractivity contribution in [3.05, 3.63) is 99.5 Å². The number of nitriles is 1. The monoisotopic (exact) mass is 436 g/mol. The summed E-state index contributed by atoms with van der Waals surface area (Å²) >= 11 is 11.9. The molecule has 30 heavy (non-hydrogen) atoms. The number of esters is 1. The van der Waals surface area contributed by atoms with Crippen LogP contribution in [0.15, 0.2) is 78.4 Å². The lowest BCUT2D eigenvalue weighted by Gasteiger charge is -2.07. The first kappa shape index (κ1) is 21.1. The third kappa shape index (κ3) is 5.48. The summed E-state index contributed by atoms with van der Waals surface area (Å²) in [6, 6.07) is 21.5. The molecule has 0 fully saturated rings. The molecule has 0 unspecified atom stereocenters. The number of carbonyl (C=O) groups excluding carboxylic acids is 2.